The number of aryl methyl sites for hydroxylation is 2. The van der Waals surface area contributed by atoms with Crippen LogP contribution in [0.5, 0.6) is 0 Å². The number of rotatable bonds is 4. The molecule has 0 amide bonds. The molecule has 111 valence electrons. The summed E-state index contributed by atoms with van der Waals surface area (Å²) >= 11 is 0. The number of hydrogen-bond acceptors (Lipinski definition) is 4. The van der Waals surface area contributed by atoms with Gasteiger partial charge in [0.1, 0.15) is 17.8 Å². The molecule has 3 rings (SSSR count). The summed E-state index contributed by atoms with van der Waals surface area (Å²) in [6.07, 6.45) is 4.81. The lowest BCUT2D eigenvalue weighted by Gasteiger charge is -2.04. The van der Waals surface area contributed by atoms with Gasteiger partial charge in [-0.05, 0) is 24.5 Å². The topological polar surface area (TPSA) is 73.8 Å². The largest absolute Gasteiger partial charge is 0.383 e. The van der Waals surface area contributed by atoms with Gasteiger partial charge in [-0.2, -0.15) is 0 Å². The first-order valence-corrected chi connectivity index (χ1v) is 7.10. The van der Waals surface area contributed by atoms with Gasteiger partial charge in [-0.25, -0.2) is 9.97 Å². The number of ketones is 1. The van der Waals surface area contributed by atoms with Crippen LogP contribution >= 0.6 is 0 Å². The molecule has 2 heterocycles. The van der Waals surface area contributed by atoms with Crippen LogP contribution in [-0.4, -0.2) is 20.3 Å². The fraction of sp³-hybridized carbons (Fsp3) is 0.176. The normalized spacial score (nSPS) is 11.0. The molecule has 0 aliphatic rings. The highest BCUT2D eigenvalue weighted by Gasteiger charge is 2.19. The lowest BCUT2D eigenvalue weighted by molar-refractivity contribution is 0.104. The van der Waals surface area contributed by atoms with Crippen molar-refractivity contribution in [1.82, 2.24) is 14.5 Å². The Labute approximate surface area is 128 Å². The lowest BCUT2D eigenvalue weighted by Crippen LogP contribution is -2.03. The second-order valence-electron chi connectivity index (χ2n) is 5.24. The molecule has 0 aliphatic carbocycles. The molecule has 0 saturated heterocycles. The molecule has 2 N–H and O–H groups in total. The Kier molecular flexibility index (Phi) is 3.63. The summed E-state index contributed by atoms with van der Waals surface area (Å²) in [5.74, 6) is 0.251. The smallest absolute Gasteiger partial charge is 0.195 e. The van der Waals surface area contributed by atoms with Crippen LogP contribution in [0.25, 0.3) is 11.0 Å². The molecule has 0 saturated carbocycles. The summed E-state index contributed by atoms with van der Waals surface area (Å²) in [6, 6.07) is 7.62. The van der Waals surface area contributed by atoms with Gasteiger partial charge in [0.05, 0.1) is 10.9 Å². The first-order valence-electron chi connectivity index (χ1n) is 7.10. The number of hydrogen-bond donors (Lipinski definition) is 1. The molecule has 5 nitrogen and oxygen atoms in total. The molecule has 1 radical (unpaired) electrons. The summed E-state index contributed by atoms with van der Waals surface area (Å²) in [5, 5.41) is 0.609. The minimum absolute atomic E-state index is 0.0713. The van der Waals surface area contributed by atoms with Crippen molar-refractivity contribution in [2.75, 3.05) is 5.73 Å². The van der Waals surface area contributed by atoms with Crippen molar-refractivity contribution in [2.45, 2.75) is 12.8 Å². The molecular weight excluding hydrogens is 276 g/mol. The van der Waals surface area contributed by atoms with Crippen molar-refractivity contribution in [2.24, 2.45) is 7.05 Å². The van der Waals surface area contributed by atoms with Crippen molar-refractivity contribution >= 4 is 22.6 Å². The van der Waals surface area contributed by atoms with E-state index in [4.69, 9.17) is 5.73 Å². The SMILES string of the molecule is [CH2]CCc1cccc(C(=O)c2cn(C)c3ncnc(N)c23)c1. The van der Waals surface area contributed by atoms with E-state index in [1.807, 2.05) is 31.3 Å². The minimum Gasteiger partial charge on any atom is -0.383 e. The van der Waals surface area contributed by atoms with Gasteiger partial charge in [-0.15, -0.1) is 0 Å². The maximum atomic E-state index is 12.8. The average Bonchev–Trinajstić information content (AvgIpc) is 2.86. The lowest BCUT2D eigenvalue weighted by atomic mass is 10.00. The molecule has 22 heavy (non-hydrogen) atoms. The van der Waals surface area contributed by atoms with E-state index in [9.17, 15) is 4.79 Å². The Morgan fingerprint density at radius 1 is 1.36 bits per heavy atom. The number of aromatic nitrogens is 3. The molecule has 0 fully saturated rings. The Balaban J connectivity index is 2.11. The molecule has 0 aliphatic heterocycles. The second kappa shape index (κ2) is 5.60. The number of nitrogen functional groups attached to an aromatic ring is 1. The Morgan fingerprint density at radius 3 is 2.95 bits per heavy atom. The van der Waals surface area contributed by atoms with Gasteiger partial charge in [0, 0.05) is 18.8 Å². The molecule has 3 aromatic rings. The number of nitrogens with zero attached hydrogens (tertiary/aromatic N) is 3. The van der Waals surface area contributed by atoms with Crippen LogP contribution in [0.2, 0.25) is 0 Å². The van der Waals surface area contributed by atoms with Crippen LogP contribution in [0.4, 0.5) is 5.82 Å². The second-order valence-corrected chi connectivity index (χ2v) is 5.24. The first-order chi connectivity index (χ1) is 10.6. The van der Waals surface area contributed by atoms with E-state index < -0.39 is 0 Å². The third-order valence-corrected chi connectivity index (χ3v) is 3.68. The molecule has 1 aromatic carbocycles. The molecule has 0 unspecified atom stereocenters. The quantitative estimate of drug-likeness (QED) is 0.750. The van der Waals surface area contributed by atoms with Crippen LogP contribution in [0.1, 0.15) is 27.9 Å². The van der Waals surface area contributed by atoms with Crippen molar-refractivity contribution < 1.29 is 4.79 Å². The van der Waals surface area contributed by atoms with E-state index in [-0.39, 0.29) is 5.78 Å². The highest BCUT2D eigenvalue weighted by atomic mass is 16.1. The summed E-state index contributed by atoms with van der Waals surface area (Å²) < 4.78 is 1.79. The Morgan fingerprint density at radius 2 is 2.18 bits per heavy atom. The Bertz CT molecular complexity index is 851. The zero-order chi connectivity index (χ0) is 15.7. The zero-order valence-corrected chi connectivity index (χ0v) is 12.4. The highest BCUT2D eigenvalue weighted by Crippen LogP contribution is 2.25. The van der Waals surface area contributed by atoms with E-state index in [1.54, 1.807) is 10.8 Å². The molecule has 2 aromatic heterocycles. The fourth-order valence-electron chi connectivity index (χ4n) is 2.63. The van der Waals surface area contributed by atoms with Gasteiger partial charge >= 0.3 is 0 Å². The fourth-order valence-corrected chi connectivity index (χ4v) is 2.63. The summed E-state index contributed by atoms with van der Waals surface area (Å²) in [7, 11) is 1.84. The third kappa shape index (κ3) is 2.35. The number of nitrogens with two attached hydrogens (primary N) is 1. The zero-order valence-electron chi connectivity index (χ0n) is 12.4. The molecule has 0 bridgehead atoms. The van der Waals surface area contributed by atoms with E-state index in [1.165, 1.54) is 6.33 Å². The van der Waals surface area contributed by atoms with Crippen LogP contribution in [0.15, 0.2) is 36.8 Å². The van der Waals surface area contributed by atoms with Gasteiger partial charge in [-0.3, -0.25) is 4.79 Å². The molecule has 5 heteroatoms. The molecule has 0 spiro atoms. The summed E-state index contributed by atoms with van der Waals surface area (Å²) in [6.45, 7) is 3.85. The van der Waals surface area contributed by atoms with Gasteiger partial charge < -0.3 is 10.3 Å². The number of benzene rings is 1. The maximum Gasteiger partial charge on any atom is 0.195 e. The van der Waals surface area contributed by atoms with E-state index in [0.29, 0.717) is 28.0 Å². The predicted molar refractivity (Wildman–Crippen MR) is 86.5 cm³/mol. The number of carbonyl (C=O) groups excluding carboxylic acids is 1. The van der Waals surface area contributed by atoms with E-state index in [0.717, 1.165) is 18.4 Å². The first kappa shape index (κ1) is 14.3. The third-order valence-electron chi connectivity index (χ3n) is 3.68. The number of fused-ring (bicyclic) bond motifs is 1. The molecular formula is C17H17N4O. The van der Waals surface area contributed by atoms with Gasteiger partial charge in [0.15, 0.2) is 5.78 Å². The number of carbonyl (C=O) groups is 1. The average molecular weight is 293 g/mol. The van der Waals surface area contributed by atoms with Crippen molar-refractivity contribution in [3.8, 4) is 0 Å². The standard InChI is InChI=1S/C17H17N4O/c1-3-5-11-6-4-7-12(8-11)15(22)13-9-21(2)17-14(13)16(18)19-10-20-17/h4,6-10H,1,3,5H2,2H3,(H2,18,19,20). The van der Waals surface area contributed by atoms with Crippen molar-refractivity contribution in [3.05, 3.63) is 60.4 Å². The predicted octanol–water partition coefficient (Wildman–Crippen LogP) is 2.55. The van der Waals surface area contributed by atoms with Gasteiger partial charge in [-0.1, -0.05) is 25.1 Å². The van der Waals surface area contributed by atoms with Crippen LogP contribution in [0, 0.1) is 6.92 Å². The van der Waals surface area contributed by atoms with Crippen LogP contribution < -0.4 is 5.73 Å². The van der Waals surface area contributed by atoms with Gasteiger partial charge in [0.2, 0.25) is 0 Å². The minimum atomic E-state index is -0.0713. The van der Waals surface area contributed by atoms with E-state index in [2.05, 4.69) is 16.9 Å². The summed E-state index contributed by atoms with van der Waals surface area (Å²) in [4.78, 5) is 21.0. The highest BCUT2D eigenvalue weighted by molar-refractivity contribution is 6.18. The monoisotopic (exact) mass is 293 g/mol. The summed E-state index contributed by atoms with van der Waals surface area (Å²) in [5.41, 5.74) is 8.87. The van der Waals surface area contributed by atoms with Crippen LogP contribution in [-0.2, 0) is 13.5 Å². The number of anilines is 1. The maximum absolute atomic E-state index is 12.8. The van der Waals surface area contributed by atoms with Gasteiger partial charge in [0.25, 0.3) is 0 Å². The van der Waals surface area contributed by atoms with Crippen LogP contribution in [0.3, 0.4) is 0 Å². The van der Waals surface area contributed by atoms with Crippen molar-refractivity contribution in [3.63, 3.8) is 0 Å². The van der Waals surface area contributed by atoms with Crippen molar-refractivity contribution in [1.29, 1.82) is 0 Å². The Hall–Kier alpha value is -2.69. The molecule has 0 atom stereocenters. The van der Waals surface area contributed by atoms with E-state index >= 15 is 0 Å².